The van der Waals surface area contributed by atoms with E-state index in [0.717, 1.165) is 0 Å². The van der Waals surface area contributed by atoms with Gasteiger partial charge in [0.15, 0.2) is 5.96 Å². The number of guanidine groups is 1. The van der Waals surface area contributed by atoms with Gasteiger partial charge in [-0.3, -0.25) is 76.9 Å². The maximum absolute atomic E-state index is 15.0. The summed E-state index contributed by atoms with van der Waals surface area (Å²) in [4.78, 5) is 225. The van der Waals surface area contributed by atoms with Crippen molar-refractivity contribution in [2.24, 2.45) is 57.0 Å². The number of benzene rings is 2. The highest BCUT2D eigenvalue weighted by molar-refractivity contribution is 6.00. The first-order valence-electron chi connectivity index (χ1n) is 37.5. The van der Waals surface area contributed by atoms with Gasteiger partial charge >= 0.3 is 11.9 Å². The van der Waals surface area contributed by atoms with Crippen LogP contribution in [0.2, 0.25) is 0 Å². The van der Waals surface area contributed by atoms with E-state index in [1.54, 1.807) is 88.5 Å². The zero-order valence-corrected chi connectivity index (χ0v) is 64.5. The molecule has 0 aliphatic carbocycles. The lowest BCUT2D eigenvalue weighted by molar-refractivity contribution is -0.142. The molecule has 40 heteroatoms. The molecule has 0 bridgehead atoms. The van der Waals surface area contributed by atoms with Crippen LogP contribution >= 0.6 is 0 Å². The number of H-pyrrole nitrogens is 1. The summed E-state index contributed by atoms with van der Waals surface area (Å²) >= 11 is 0. The highest BCUT2D eigenvalue weighted by atomic mass is 16.4. The largest absolute Gasteiger partial charge is 0.481 e. The Bertz CT molecular complexity index is 3720. The number of hydrogen-bond acceptors (Lipinski definition) is 21. The van der Waals surface area contributed by atoms with Gasteiger partial charge in [0.2, 0.25) is 82.7 Å². The molecule has 113 heavy (non-hydrogen) atoms. The number of nitrogens with two attached hydrogens (primary N) is 7. The third-order valence-electron chi connectivity index (χ3n) is 17.7. The molecular formula is C73H115N21O19. The molecule has 626 valence electrons. The number of aromatic nitrogens is 1. The van der Waals surface area contributed by atoms with Crippen molar-refractivity contribution in [3.05, 3.63) is 71.9 Å². The third kappa shape index (κ3) is 36.5. The maximum atomic E-state index is 15.0. The molecule has 0 saturated heterocycles. The molecule has 12 atom stereocenters. The lowest BCUT2D eigenvalue weighted by atomic mass is 9.98. The second kappa shape index (κ2) is 50.5. The van der Waals surface area contributed by atoms with Gasteiger partial charge in [0, 0.05) is 55.7 Å². The Morgan fingerprint density at radius 1 is 0.434 bits per heavy atom. The predicted molar refractivity (Wildman–Crippen MR) is 413 cm³/mol. The van der Waals surface area contributed by atoms with Crippen LogP contribution in [0.25, 0.3) is 10.9 Å². The van der Waals surface area contributed by atoms with Gasteiger partial charge in [-0.1, -0.05) is 76.2 Å². The molecule has 0 radical (unpaired) electrons. The number of rotatable bonds is 55. The summed E-state index contributed by atoms with van der Waals surface area (Å²) in [5.41, 5.74) is 40.8. The molecule has 0 spiro atoms. The zero-order valence-electron chi connectivity index (χ0n) is 64.5. The first kappa shape index (κ1) is 95.8. The van der Waals surface area contributed by atoms with E-state index in [-0.39, 0.29) is 88.7 Å². The molecule has 14 amide bonds. The molecule has 1 aromatic heterocycles. The highest BCUT2D eigenvalue weighted by Gasteiger charge is 2.37. The summed E-state index contributed by atoms with van der Waals surface area (Å²) < 4.78 is 0. The number of aliphatic hydroxyl groups excluding tert-OH is 1. The van der Waals surface area contributed by atoms with Crippen molar-refractivity contribution >= 4 is 112 Å². The number of aromatic amines is 1. The van der Waals surface area contributed by atoms with Crippen LogP contribution < -0.4 is 104 Å². The Labute approximate surface area is 654 Å². The van der Waals surface area contributed by atoms with Gasteiger partial charge < -0.3 is 124 Å². The molecule has 0 aliphatic rings. The summed E-state index contributed by atoms with van der Waals surface area (Å²) in [6.45, 7) is 6.98. The standard InChI is InChI=1S/C73H115N21O19/c1-39(2)32-53(93-69(109)54(33-40(3)4)92-67(107)51(25-28-60(99)100)86-62(102)45(76)38-95)68(108)87-47(20-11-13-29-74)65(105)94-56(35-43-36-82-46-19-10-9-18-44(43)46)71(111)90-50(24-27-58(78)97)66(106)89-49(23-26-57(77)96)63(103)83-37-59(98)85-55(34-42-16-7-6-8-17-42)70(110)88-48(22-15-31-81-73(79)80)64(104)84-41(5)61(101)91-52(72(112)113)21-12-14-30-75/h6-10,16-19,36,39-41,45,47-56,82,95H,11-15,20-35,37-38,74-76H2,1-5H3,(H2,77,96)(H2,78,97)(H,83,103)(H,84,104)(H,85,98)(H,86,102)(H,87,108)(H,88,110)(H,89,106)(H,90,111)(H,91,101)(H,92,107)(H,93,109)(H,94,105)(H,99,100)(H,112,113)(H4,79,80,81)/t41-,45-,47-,48-,49-,50-,51-,52-,53-,54-,55-,56-/m0/s1. The Kier molecular flexibility index (Phi) is 42.8. The number of aliphatic imine (C=N–C) groups is 1. The Morgan fingerprint density at radius 2 is 0.841 bits per heavy atom. The van der Waals surface area contributed by atoms with Crippen LogP contribution in [0.5, 0.6) is 0 Å². The first-order valence-corrected chi connectivity index (χ1v) is 37.5. The Morgan fingerprint density at radius 3 is 1.32 bits per heavy atom. The fourth-order valence-corrected chi connectivity index (χ4v) is 11.6. The second-order valence-electron chi connectivity index (χ2n) is 28.2. The van der Waals surface area contributed by atoms with Crippen molar-refractivity contribution in [1.82, 2.24) is 68.8 Å². The molecule has 3 rings (SSSR count). The number of nitrogens with zero attached hydrogens (tertiary/aromatic N) is 1. The van der Waals surface area contributed by atoms with E-state index in [9.17, 15) is 87.2 Å². The van der Waals surface area contributed by atoms with Crippen molar-refractivity contribution in [3.8, 4) is 0 Å². The van der Waals surface area contributed by atoms with Crippen molar-refractivity contribution < 1.29 is 92.0 Å². The van der Waals surface area contributed by atoms with Gasteiger partial charge in [-0.2, -0.15) is 0 Å². The number of aliphatic carboxylic acids is 2. The summed E-state index contributed by atoms with van der Waals surface area (Å²) in [6, 6.07) is -2.73. The molecule has 0 saturated carbocycles. The van der Waals surface area contributed by atoms with Crippen molar-refractivity contribution in [2.75, 3.05) is 32.8 Å². The predicted octanol–water partition coefficient (Wildman–Crippen LogP) is -5.37. The lowest BCUT2D eigenvalue weighted by Gasteiger charge is -2.29. The molecular weight excluding hydrogens is 1470 g/mol. The van der Waals surface area contributed by atoms with Gasteiger partial charge in [-0.05, 0) is 133 Å². The molecule has 3 aromatic rings. The molecule has 0 aliphatic heterocycles. The molecule has 40 nitrogen and oxygen atoms in total. The molecule has 2 aromatic carbocycles. The number of fused-ring (bicyclic) bond motifs is 1. The number of carbonyl (C=O) groups is 16. The number of para-hydroxylation sites is 1. The Hall–Kier alpha value is -11.4. The average molecular weight is 1590 g/mol. The summed E-state index contributed by atoms with van der Waals surface area (Å²) in [5.74, 6) is -17.0. The summed E-state index contributed by atoms with van der Waals surface area (Å²) in [5, 5.41) is 59.5. The lowest BCUT2D eigenvalue weighted by Crippen LogP contribution is -2.61. The van der Waals surface area contributed by atoms with E-state index < -0.39 is 219 Å². The number of carboxylic acid groups (broad SMARTS) is 2. The maximum Gasteiger partial charge on any atom is 0.326 e. The van der Waals surface area contributed by atoms with Gasteiger partial charge in [-0.15, -0.1) is 0 Å². The second-order valence-corrected chi connectivity index (χ2v) is 28.2. The van der Waals surface area contributed by atoms with E-state index in [1.165, 1.54) is 6.92 Å². The van der Waals surface area contributed by atoms with Gasteiger partial charge in [0.25, 0.3) is 0 Å². The van der Waals surface area contributed by atoms with Gasteiger partial charge in [0.1, 0.15) is 72.5 Å². The smallest absolute Gasteiger partial charge is 0.326 e. The SMILES string of the molecule is CC(C)C[C@H](NC(=O)[C@H](CC(C)C)NC(=O)[C@H](CCC(=O)O)NC(=O)[C@@H](N)CO)C(=O)N[C@@H](CCCCN)C(=O)N[C@@H](Cc1c[nH]c2ccccc12)C(=O)N[C@@H](CCC(N)=O)C(=O)N[C@@H](CCC(N)=O)C(=O)NCC(=O)N[C@@H](Cc1ccccc1)C(=O)N[C@@H](CCCN=C(N)N)C(=O)N[C@@H](C)C(=O)N[C@@H](CCCCN)C(=O)O. The summed E-state index contributed by atoms with van der Waals surface area (Å²) in [7, 11) is 0. The van der Waals surface area contributed by atoms with Crippen molar-refractivity contribution in [3.63, 3.8) is 0 Å². The van der Waals surface area contributed by atoms with E-state index >= 15 is 4.79 Å². The normalized spacial score (nSPS) is 14.3. The van der Waals surface area contributed by atoms with E-state index in [4.69, 9.17) is 40.1 Å². The topological polar surface area (TPSA) is 688 Å². The van der Waals surface area contributed by atoms with E-state index in [2.05, 4.69) is 73.8 Å². The van der Waals surface area contributed by atoms with Crippen LogP contribution in [0.4, 0.5) is 0 Å². The molecule has 0 unspecified atom stereocenters. The summed E-state index contributed by atoms with van der Waals surface area (Å²) in [6.07, 6.45) is -0.806. The number of hydrogen-bond donors (Lipinski definition) is 23. The quantitative estimate of drug-likeness (QED) is 0.0143. The fraction of sp³-hybridized carbons (Fsp3) is 0.575. The minimum Gasteiger partial charge on any atom is -0.481 e. The number of carbonyl (C=O) groups excluding carboxylic acids is 14. The molecule has 1 heterocycles. The molecule has 30 N–H and O–H groups in total. The van der Waals surface area contributed by atoms with E-state index in [1.807, 2.05) is 0 Å². The van der Waals surface area contributed by atoms with E-state index in [0.29, 0.717) is 47.8 Å². The minimum absolute atomic E-state index is 0.00788. The average Bonchev–Trinajstić information content (AvgIpc) is 1.78. The Balaban J connectivity index is 2.00. The minimum atomic E-state index is -1.76. The van der Waals surface area contributed by atoms with Crippen LogP contribution in [-0.2, 0) is 89.6 Å². The number of primary amides is 2. The van der Waals surface area contributed by atoms with Crippen LogP contribution in [-0.4, -0.2) is 226 Å². The number of unbranched alkanes of at least 4 members (excludes halogenated alkanes) is 2. The highest BCUT2D eigenvalue weighted by Crippen LogP contribution is 2.21. The monoisotopic (exact) mass is 1590 g/mol. The van der Waals surface area contributed by atoms with Crippen LogP contribution in [0.3, 0.4) is 0 Å². The van der Waals surface area contributed by atoms with Crippen LogP contribution in [0.15, 0.2) is 65.8 Å². The number of amides is 14. The fourth-order valence-electron chi connectivity index (χ4n) is 11.6. The van der Waals surface area contributed by atoms with Crippen molar-refractivity contribution in [2.45, 2.75) is 223 Å². The number of aliphatic hydroxyl groups is 1. The number of nitrogens with one attached hydrogen (secondary N) is 13. The third-order valence-corrected chi connectivity index (χ3v) is 17.7. The van der Waals surface area contributed by atoms with Crippen LogP contribution in [0.1, 0.15) is 148 Å². The van der Waals surface area contributed by atoms with Crippen molar-refractivity contribution in [1.29, 1.82) is 0 Å². The first-order chi connectivity index (χ1) is 53.5. The zero-order chi connectivity index (χ0) is 84.4. The van der Waals surface area contributed by atoms with Gasteiger partial charge in [0.05, 0.1) is 13.2 Å². The van der Waals surface area contributed by atoms with Crippen LogP contribution in [0, 0.1) is 11.8 Å². The van der Waals surface area contributed by atoms with Gasteiger partial charge in [-0.25, -0.2) is 4.79 Å². The molecule has 0 fully saturated rings. The number of carboxylic acids is 2.